The number of carbonyl (C=O) groups is 1. The lowest BCUT2D eigenvalue weighted by molar-refractivity contribution is -0.154. The minimum absolute atomic E-state index is 0. The monoisotopic (exact) mass is 565 g/mol. The van der Waals surface area contributed by atoms with E-state index in [2.05, 4.69) is 25.3 Å². The van der Waals surface area contributed by atoms with Gasteiger partial charge in [-0.15, -0.1) is 24.0 Å². The van der Waals surface area contributed by atoms with Crippen molar-refractivity contribution in [2.75, 3.05) is 27.2 Å². The lowest BCUT2D eigenvalue weighted by atomic mass is 10.1. The van der Waals surface area contributed by atoms with Gasteiger partial charge in [0.15, 0.2) is 12.6 Å². The van der Waals surface area contributed by atoms with Crippen LogP contribution in [0.4, 0.5) is 13.2 Å². The highest BCUT2D eigenvalue weighted by atomic mass is 127. The largest absolute Gasteiger partial charge is 0.468 e. The molecule has 0 aliphatic rings. The third-order valence-corrected chi connectivity index (χ3v) is 4.01. The van der Waals surface area contributed by atoms with E-state index in [0.29, 0.717) is 24.6 Å². The highest BCUT2D eigenvalue weighted by Gasteiger charge is 2.28. The number of hydrogen-bond donors (Lipinski definition) is 2. The first-order chi connectivity index (χ1) is 14.7. The van der Waals surface area contributed by atoms with Crippen LogP contribution in [0.15, 0.2) is 47.6 Å². The molecule has 2 N–H and O–H groups in total. The van der Waals surface area contributed by atoms with Gasteiger partial charge in [0.05, 0.1) is 6.54 Å². The van der Waals surface area contributed by atoms with E-state index in [1.54, 1.807) is 32.3 Å². The minimum atomic E-state index is -4.40. The number of ether oxygens (including phenoxy) is 1. The normalized spacial score (nSPS) is 11.4. The van der Waals surface area contributed by atoms with E-state index >= 15 is 0 Å². The Labute approximate surface area is 202 Å². The molecule has 7 nitrogen and oxygen atoms in total. The summed E-state index contributed by atoms with van der Waals surface area (Å²) < 4.78 is 41.1. The molecule has 1 amide bonds. The number of pyridine rings is 1. The molecule has 2 aromatic rings. The van der Waals surface area contributed by atoms with E-state index in [1.807, 2.05) is 19.1 Å². The van der Waals surface area contributed by atoms with Gasteiger partial charge >= 0.3 is 6.18 Å². The van der Waals surface area contributed by atoms with Crippen LogP contribution in [-0.4, -0.2) is 55.2 Å². The number of alkyl halides is 3. The molecule has 0 radical (unpaired) electrons. The zero-order valence-corrected chi connectivity index (χ0v) is 20.4. The Hall–Kier alpha value is -2.57. The first-order valence-electron chi connectivity index (χ1n) is 9.65. The Bertz CT molecular complexity index is 872. The molecule has 2 rings (SSSR count). The molecule has 11 heteroatoms. The van der Waals surface area contributed by atoms with Crippen LogP contribution in [0.2, 0.25) is 0 Å². The first kappa shape index (κ1) is 27.5. The Morgan fingerprint density at radius 2 is 1.75 bits per heavy atom. The standard InChI is InChI=1S/C21H26F3N5O2.HI/c1-4-25-20(27-11-15-5-8-17(9-6-15)19(30)29(2)3)28-13-16-7-10-18(26-12-16)31-14-21(22,23)24;/h5-10,12H,4,11,13-14H2,1-3H3,(H2,25,27,28);1H. The maximum Gasteiger partial charge on any atom is 0.422 e. The topological polar surface area (TPSA) is 78.9 Å². The molecule has 0 aliphatic heterocycles. The second-order valence-electron chi connectivity index (χ2n) is 6.85. The molecule has 1 aromatic carbocycles. The number of hydrogen-bond acceptors (Lipinski definition) is 4. The lowest BCUT2D eigenvalue weighted by Gasteiger charge is -2.13. The van der Waals surface area contributed by atoms with E-state index in [1.165, 1.54) is 17.2 Å². The van der Waals surface area contributed by atoms with Gasteiger partial charge in [-0.05, 0) is 30.2 Å². The molecule has 1 aromatic heterocycles. The number of guanidine groups is 1. The van der Waals surface area contributed by atoms with Crippen molar-refractivity contribution in [1.82, 2.24) is 20.5 Å². The Morgan fingerprint density at radius 1 is 1.09 bits per heavy atom. The number of aliphatic imine (C=N–C) groups is 1. The fourth-order valence-corrected chi connectivity index (χ4v) is 2.47. The zero-order chi connectivity index (χ0) is 22.9. The van der Waals surface area contributed by atoms with Crippen LogP contribution >= 0.6 is 24.0 Å². The van der Waals surface area contributed by atoms with Crippen LogP contribution in [0.3, 0.4) is 0 Å². The molecule has 1 heterocycles. The summed E-state index contributed by atoms with van der Waals surface area (Å²) >= 11 is 0. The summed E-state index contributed by atoms with van der Waals surface area (Å²) in [6.07, 6.45) is -2.97. The molecule has 0 atom stereocenters. The number of rotatable bonds is 8. The Balaban J connectivity index is 0.00000512. The number of halogens is 4. The minimum Gasteiger partial charge on any atom is -0.468 e. The van der Waals surface area contributed by atoms with Gasteiger partial charge in [0.25, 0.3) is 5.91 Å². The van der Waals surface area contributed by atoms with Crippen molar-refractivity contribution in [3.63, 3.8) is 0 Å². The maximum atomic E-state index is 12.2. The second kappa shape index (κ2) is 13.1. The molecule has 0 fully saturated rings. The van der Waals surface area contributed by atoms with Crippen LogP contribution in [0.5, 0.6) is 5.88 Å². The zero-order valence-electron chi connectivity index (χ0n) is 18.1. The maximum absolute atomic E-state index is 12.2. The molecule has 0 unspecified atom stereocenters. The Kier molecular flexibility index (Phi) is 11.2. The molecule has 32 heavy (non-hydrogen) atoms. The van der Waals surface area contributed by atoms with Gasteiger partial charge in [-0.3, -0.25) is 4.79 Å². The third-order valence-electron chi connectivity index (χ3n) is 4.01. The second-order valence-corrected chi connectivity index (χ2v) is 6.85. The number of nitrogens with zero attached hydrogens (tertiary/aromatic N) is 3. The fourth-order valence-electron chi connectivity index (χ4n) is 2.47. The summed E-state index contributed by atoms with van der Waals surface area (Å²) in [5, 5.41) is 6.32. The summed E-state index contributed by atoms with van der Waals surface area (Å²) in [6, 6.07) is 10.3. The fraction of sp³-hybridized carbons (Fsp3) is 0.381. The van der Waals surface area contributed by atoms with Gasteiger partial charge in [0, 0.05) is 45.0 Å². The summed E-state index contributed by atoms with van der Waals surface area (Å²) in [7, 11) is 3.41. The Morgan fingerprint density at radius 3 is 2.28 bits per heavy atom. The predicted octanol–water partition coefficient (Wildman–Crippen LogP) is 3.60. The molecule has 0 saturated heterocycles. The van der Waals surface area contributed by atoms with Crippen molar-refractivity contribution in [3.8, 4) is 5.88 Å². The van der Waals surface area contributed by atoms with Crippen LogP contribution in [-0.2, 0) is 13.1 Å². The van der Waals surface area contributed by atoms with E-state index in [0.717, 1.165) is 11.1 Å². The lowest BCUT2D eigenvalue weighted by Crippen LogP contribution is -2.36. The molecule has 0 spiro atoms. The van der Waals surface area contributed by atoms with Crippen LogP contribution in [0.25, 0.3) is 0 Å². The highest BCUT2D eigenvalue weighted by Crippen LogP contribution is 2.17. The predicted molar refractivity (Wildman–Crippen MR) is 127 cm³/mol. The SMILES string of the molecule is CCNC(=NCc1ccc(OCC(F)(F)F)nc1)NCc1ccc(C(=O)N(C)C)cc1.I. The number of carbonyl (C=O) groups excluding carboxylic acids is 1. The molecule has 0 aliphatic carbocycles. The van der Waals surface area contributed by atoms with Crippen molar-refractivity contribution in [3.05, 3.63) is 59.3 Å². The van der Waals surface area contributed by atoms with Gasteiger partial charge in [-0.25, -0.2) is 9.98 Å². The van der Waals surface area contributed by atoms with Crippen LogP contribution in [0.1, 0.15) is 28.4 Å². The van der Waals surface area contributed by atoms with Crippen LogP contribution < -0.4 is 15.4 Å². The summed E-state index contributed by atoms with van der Waals surface area (Å²) in [6.45, 7) is 2.01. The van der Waals surface area contributed by atoms with Crippen molar-refractivity contribution in [2.24, 2.45) is 4.99 Å². The number of nitrogens with one attached hydrogen (secondary N) is 2. The van der Waals surface area contributed by atoms with Crippen molar-refractivity contribution in [1.29, 1.82) is 0 Å². The quantitative estimate of drug-likeness (QED) is 0.291. The van der Waals surface area contributed by atoms with Gasteiger partial charge in [-0.1, -0.05) is 18.2 Å². The van der Waals surface area contributed by atoms with Gasteiger partial charge in [-0.2, -0.15) is 13.2 Å². The van der Waals surface area contributed by atoms with Crippen molar-refractivity contribution >= 4 is 35.8 Å². The third kappa shape index (κ3) is 9.71. The summed E-state index contributed by atoms with van der Waals surface area (Å²) in [5.41, 5.74) is 2.32. The number of aromatic nitrogens is 1. The average molecular weight is 565 g/mol. The summed E-state index contributed by atoms with van der Waals surface area (Å²) in [5.74, 6) is 0.428. The number of amides is 1. The van der Waals surface area contributed by atoms with E-state index in [-0.39, 0.29) is 42.3 Å². The smallest absolute Gasteiger partial charge is 0.422 e. The van der Waals surface area contributed by atoms with E-state index in [9.17, 15) is 18.0 Å². The van der Waals surface area contributed by atoms with Gasteiger partial charge < -0.3 is 20.3 Å². The van der Waals surface area contributed by atoms with Gasteiger partial charge in [0.1, 0.15) is 0 Å². The van der Waals surface area contributed by atoms with E-state index < -0.39 is 12.8 Å². The highest BCUT2D eigenvalue weighted by molar-refractivity contribution is 14.0. The molecule has 0 bridgehead atoms. The summed E-state index contributed by atoms with van der Waals surface area (Å²) in [4.78, 5) is 21.8. The molecule has 176 valence electrons. The van der Waals surface area contributed by atoms with Crippen LogP contribution in [0, 0.1) is 0 Å². The van der Waals surface area contributed by atoms with Gasteiger partial charge in [0.2, 0.25) is 5.88 Å². The molecular formula is C21H27F3IN5O2. The average Bonchev–Trinajstić information content (AvgIpc) is 2.74. The molecule has 0 saturated carbocycles. The molecular weight excluding hydrogens is 538 g/mol. The first-order valence-corrected chi connectivity index (χ1v) is 9.65. The van der Waals surface area contributed by atoms with Crippen molar-refractivity contribution in [2.45, 2.75) is 26.2 Å². The van der Waals surface area contributed by atoms with E-state index in [4.69, 9.17) is 0 Å². The number of benzene rings is 1. The van der Waals surface area contributed by atoms with Crippen molar-refractivity contribution < 1.29 is 22.7 Å².